The number of hydrogen-bond donors (Lipinski definition) is 1. The van der Waals surface area contributed by atoms with Crippen LogP contribution in [0.5, 0.6) is 11.5 Å². The third kappa shape index (κ3) is 3.41. The fourth-order valence-corrected chi connectivity index (χ4v) is 2.81. The Balaban J connectivity index is 0.00000220. The zero-order valence-electron chi connectivity index (χ0n) is 12.7. The van der Waals surface area contributed by atoms with E-state index in [0.29, 0.717) is 36.1 Å². The quantitative estimate of drug-likeness (QED) is 0.922. The molecule has 0 saturated carbocycles. The highest BCUT2D eigenvalue weighted by molar-refractivity contribution is 5.98. The number of nitrogens with zero attached hydrogens (tertiary/aromatic N) is 1. The van der Waals surface area contributed by atoms with Crippen LogP contribution in [-0.2, 0) is 0 Å². The molecular formula is C15H23ClN2O3. The molecule has 0 aromatic heterocycles. The summed E-state index contributed by atoms with van der Waals surface area (Å²) in [7, 11) is 3.11. The minimum Gasteiger partial charge on any atom is -0.493 e. The molecule has 1 saturated heterocycles. The number of carbonyl (C=O) groups is 1. The van der Waals surface area contributed by atoms with Gasteiger partial charge in [-0.3, -0.25) is 4.79 Å². The Morgan fingerprint density at radius 1 is 1.38 bits per heavy atom. The van der Waals surface area contributed by atoms with E-state index in [2.05, 4.69) is 6.92 Å². The molecule has 2 N–H and O–H groups in total. The lowest BCUT2D eigenvalue weighted by atomic mass is 10.1. The molecule has 2 rings (SSSR count). The fourth-order valence-electron chi connectivity index (χ4n) is 2.81. The smallest absolute Gasteiger partial charge is 0.258 e. The van der Waals surface area contributed by atoms with Crippen molar-refractivity contribution in [2.45, 2.75) is 19.4 Å². The molecule has 1 aliphatic heterocycles. The van der Waals surface area contributed by atoms with Gasteiger partial charge < -0.3 is 20.1 Å². The topological polar surface area (TPSA) is 64.8 Å². The van der Waals surface area contributed by atoms with Gasteiger partial charge in [0.2, 0.25) is 0 Å². The van der Waals surface area contributed by atoms with Crippen LogP contribution in [-0.4, -0.2) is 44.2 Å². The monoisotopic (exact) mass is 314 g/mol. The van der Waals surface area contributed by atoms with Crippen LogP contribution in [0.15, 0.2) is 18.2 Å². The molecule has 0 aliphatic carbocycles. The maximum absolute atomic E-state index is 12.7. The summed E-state index contributed by atoms with van der Waals surface area (Å²) in [5.74, 6) is 1.42. The van der Waals surface area contributed by atoms with Crippen LogP contribution >= 0.6 is 12.4 Å². The summed E-state index contributed by atoms with van der Waals surface area (Å²) in [5, 5.41) is 0. The average molecular weight is 315 g/mol. The van der Waals surface area contributed by atoms with Crippen molar-refractivity contribution >= 4 is 18.3 Å². The van der Waals surface area contributed by atoms with Gasteiger partial charge in [-0.25, -0.2) is 0 Å². The zero-order chi connectivity index (χ0) is 14.7. The molecule has 6 heteroatoms. The Morgan fingerprint density at radius 2 is 2.10 bits per heavy atom. The highest BCUT2D eigenvalue weighted by Gasteiger charge is 2.33. The Morgan fingerprint density at radius 3 is 2.62 bits per heavy atom. The molecule has 1 heterocycles. The van der Waals surface area contributed by atoms with Crippen LogP contribution in [0.4, 0.5) is 0 Å². The van der Waals surface area contributed by atoms with Crippen molar-refractivity contribution < 1.29 is 14.3 Å². The normalized spacial score (nSPS) is 20.9. The standard InChI is InChI=1S/C15H22N2O3.ClH/c1-10-7-11(8-16)9-17(10)15(18)12-5-4-6-13(19-2)14(12)20-3;/h4-6,10-11H,7-9,16H2,1-3H3;1H. The van der Waals surface area contributed by atoms with E-state index in [1.165, 1.54) is 0 Å². The summed E-state index contributed by atoms with van der Waals surface area (Å²) >= 11 is 0. The van der Waals surface area contributed by atoms with E-state index in [4.69, 9.17) is 15.2 Å². The van der Waals surface area contributed by atoms with Gasteiger partial charge in [0, 0.05) is 12.6 Å². The summed E-state index contributed by atoms with van der Waals surface area (Å²) in [4.78, 5) is 14.6. The molecule has 1 fully saturated rings. The number of methoxy groups -OCH3 is 2. The van der Waals surface area contributed by atoms with Gasteiger partial charge in [0.25, 0.3) is 5.91 Å². The van der Waals surface area contributed by atoms with Crippen LogP contribution in [0.3, 0.4) is 0 Å². The van der Waals surface area contributed by atoms with E-state index in [-0.39, 0.29) is 24.4 Å². The minimum atomic E-state index is -0.0239. The first-order valence-corrected chi connectivity index (χ1v) is 6.84. The number of rotatable bonds is 4. The van der Waals surface area contributed by atoms with E-state index in [9.17, 15) is 4.79 Å². The van der Waals surface area contributed by atoms with E-state index >= 15 is 0 Å². The van der Waals surface area contributed by atoms with Crippen molar-refractivity contribution in [2.75, 3.05) is 27.3 Å². The number of para-hydroxylation sites is 1. The molecule has 1 aromatic rings. The fraction of sp³-hybridized carbons (Fsp3) is 0.533. The number of amides is 1. The minimum absolute atomic E-state index is 0. The summed E-state index contributed by atoms with van der Waals surface area (Å²) in [6, 6.07) is 5.56. The number of hydrogen-bond acceptors (Lipinski definition) is 4. The van der Waals surface area contributed by atoms with Crippen LogP contribution in [0.1, 0.15) is 23.7 Å². The zero-order valence-corrected chi connectivity index (χ0v) is 13.5. The van der Waals surface area contributed by atoms with Crippen molar-refractivity contribution in [1.82, 2.24) is 4.90 Å². The number of nitrogens with two attached hydrogens (primary N) is 1. The third-order valence-electron chi connectivity index (χ3n) is 3.89. The second kappa shape index (κ2) is 7.52. The summed E-state index contributed by atoms with van der Waals surface area (Å²) in [6.45, 7) is 3.38. The second-order valence-electron chi connectivity index (χ2n) is 5.19. The first-order valence-electron chi connectivity index (χ1n) is 6.84. The Kier molecular flexibility index (Phi) is 6.30. The van der Waals surface area contributed by atoms with Crippen molar-refractivity contribution in [3.63, 3.8) is 0 Å². The maximum Gasteiger partial charge on any atom is 0.258 e. The molecule has 2 atom stereocenters. The van der Waals surface area contributed by atoms with E-state index in [1.54, 1.807) is 32.4 Å². The van der Waals surface area contributed by atoms with Crippen LogP contribution < -0.4 is 15.2 Å². The van der Waals surface area contributed by atoms with Gasteiger partial charge in [0.1, 0.15) is 0 Å². The summed E-state index contributed by atoms with van der Waals surface area (Å²) < 4.78 is 10.6. The molecule has 118 valence electrons. The molecule has 1 aliphatic rings. The van der Waals surface area contributed by atoms with Gasteiger partial charge in [0.15, 0.2) is 11.5 Å². The molecular weight excluding hydrogens is 292 g/mol. The molecule has 21 heavy (non-hydrogen) atoms. The number of likely N-dealkylation sites (tertiary alicyclic amines) is 1. The number of halogens is 1. The number of ether oxygens (including phenoxy) is 2. The lowest BCUT2D eigenvalue weighted by molar-refractivity contribution is 0.0739. The van der Waals surface area contributed by atoms with Crippen LogP contribution in [0, 0.1) is 5.92 Å². The van der Waals surface area contributed by atoms with Crippen LogP contribution in [0.25, 0.3) is 0 Å². The highest BCUT2D eigenvalue weighted by Crippen LogP contribution is 2.33. The van der Waals surface area contributed by atoms with Crippen LogP contribution in [0.2, 0.25) is 0 Å². The highest BCUT2D eigenvalue weighted by atomic mass is 35.5. The lowest BCUT2D eigenvalue weighted by Gasteiger charge is -2.23. The summed E-state index contributed by atoms with van der Waals surface area (Å²) in [5.41, 5.74) is 6.25. The van der Waals surface area contributed by atoms with Crippen molar-refractivity contribution in [3.05, 3.63) is 23.8 Å². The van der Waals surface area contributed by atoms with E-state index < -0.39 is 0 Å². The van der Waals surface area contributed by atoms with Gasteiger partial charge in [0.05, 0.1) is 19.8 Å². The first kappa shape index (κ1) is 17.6. The molecule has 5 nitrogen and oxygen atoms in total. The Bertz CT molecular complexity index is 496. The second-order valence-corrected chi connectivity index (χ2v) is 5.19. The predicted molar refractivity (Wildman–Crippen MR) is 84.5 cm³/mol. The van der Waals surface area contributed by atoms with Gasteiger partial charge in [-0.1, -0.05) is 6.07 Å². The SMILES string of the molecule is COc1cccc(C(=O)N2CC(CN)CC2C)c1OC.Cl. The molecule has 0 spiro atoms. The summed E-state index contributed by atoms with van der Waals surface area (Å²) in [6.07, 6.45) is 0.953. The first-order chi connectivity index (χ1) is 9.62. The van der Waals surface area contributed by atoms with Gasteiger partial charge in [-0.05, 0) is 37.9 Å². The number of carbonyl (C=O) groups excluding carboxylic acids is 1. The molecule has 0 radical (unpaired) electrons. The molecule has 1 amide bonds. The molecule has 0 bridgehead atoms. The molecule has 2 unspecified atom stereocenters. The largest absolute Gasteiger partial charge is 0.493 e. The van der Waals surface area contributed by atoms with Gasteiger partial charge in [-0.15, -0.1) is 12.4 Å². The van der Waals surface area contributed by atoms with E-state index in [1.807, 2.05) is 4.90 Å². The van der Waals surface area contributed by atoms with Crippen molar-refractivity contribution in [2.24, 2.45) is 11.7 Å². The maximum atomic E-state index is 12.7. The van der Waals surface area contributed by atoms with Crippen molar-refractivity contribution in [1.29, 1.82) is 0 Å². The predicted octanol–water partition coefficient (Wildman–Crippen LogP) is 1.93. The van der Waals surface area contributed by atoms with Gasteiger partial charge >= 0.3 is 0 Å². The molecule has 1 aromatic carbocycles. The Hall–Kier alpha value is -1.46. The van der Waals surface area contributed by atoms with Gasteiger partial charge in [-0.2, -0.15) is 0 Å². The van der Waals surface area contributed by atoms with E-state index in [0.717, 1.165) is 6.42 Å². The lowest BCUT2D eigenvalue weighted by Crippen LogP contribution is -2.34. The Labute approximate surface area is 131 Å². The third-order valence-corrected chi connectivity index (χ3v) is 3.89. The van der Waals surface area contributed by atoms with Crippen molar-refractivity contribution in [3.8, 4) is 11.5 Å². The average Bonchev–Trinajstić information content (AvgIpc) is 2.86. The number of benzene rings is 1.